The zero-order valence-corrected chi connectivity index (χ0v) is 16.5. The van der Waals surface area contributed by atoms with Gasteiger partial charge in [-0.05, 0) is 36.8 Å². The highest BCUT2D eigenvalue weighted by Gasteiger charge is 2.23. The van der Waals surface area contributed by atoms with E-state index in [1.54, 1.807) is 41.5 Å². The van der Waals surface area contributed by atoms with Crippen molar-refractivity contribution < 1.29 is 9.18 Å². The molecule has 1 aliphatic heterocycles. The van der Waals surface area contributed by atoms with Gasteiger partial charge in [0.2, 0.25) is 0 Å². The number of hydrogen-bond donors (Lipinski definition) is 0. The minimum Gasteiger partial charge on any atom is -0.336 e. The Morgan fingerprint density at radius 1 is 1.18 bits per heavy atom. The number of thiazole rings is 1. The summed E-state index contributed by atoms with van der Waals surface area (Å²) in [6.45, 7) is 5.26. The summed E-state index contributed by atoms with van der Waals surface area (Å²) in [4.78, 5) is 25.7. The minimum absolute atomic E-state index is 0.107. The first-order valence-electron chi connectivity index (χ1n) is 9.24. The van der Waals surface area contributed by atoms with Crippen molar-refractivity contribution >= 4 is 17.2 Å². The normalized spacial score (nSPS) is 15.0. The highest BCUT2D eigenvalue weighted by molar-refractivity contribution is 7.13. The summed E-state index contributed by atoms with van der Waals surface area (Å²) in [6, 6.07) is 10.5. The summed E-state index contributed by atoms with van der Waals surface area (Å²) in [6.07, 6.45) is 1.77. The van der Waals surface area contributed by atoms with Gasteiger partial charge in [0.05, 0.1) is 11.4 Å². The van der Waals surface area contributed by atoms with E-state index in [1.165, 1.54) is 6.07 Å². The second-order valence-corrected chi connectivity index (χ2v) is 7.75. The van der Waals surface area contributed by atoms with E-state index in [0.29, 0.717) is 24.2 Å². The summed E-state index contributed by atoms with van der Waals surface area (Å²) in [7, 11) is 0. The number of pyridine rings is 1. The average molecular weight is 396 g/mol. The lowest BCUT2D eigenvalue weighted by Crippen LogP contribution is -2.48. The Bertz CT molecular complexity index is 968. The van der Waals surface area contributed by atoms with Crippen molar-refractivity contribution in [1.29, 1.82) is 0 Å². The largest absolute Gasteiger partial charge is 0.336 e. The van der Waals surface area contributed by atoms with Gasteiger partial charge in [0.1, 0.15) is 10.8 Å². The molecule has 3 aromatic rings. The Morgan fingerprint density at radius 2 is 2.00 bits per heavy atom. The number of nitrogens with zero attached hydrogens (tertiary/aromatic N) is 4. The lowest BCUT2D eigenvalue weighted by atomic mass is 10.1. The maximum Gasteiger partial charge on any atom is 0.254 e. The Labute approximate surface area is 167 Å². The summed E-state index contributed by atoms with van der Waals surface area (Å²) >= 11 is 1.60. The van der Waals surface area contributed by atoms with Gasteiger partial charge < -0.3 is 4.90 Å². The second-order valence-electron chi connectivity index (χ2n) is 6.89. The van der Waals surface area contributed by atoms with Crippen LogP contribution in [0, 0.1) is 12.7 Å². The molecule has 1 fully saturated rings. The lowest BCUT2D eigenvalue weighted by molar-refractivity contribution is 0.0627. The number of carbonyl (C=O) groups is 1. The third-order valence-electron chi connectivity index (χ3n) is 4.90. The van der Waals surface area contributed by atoms with Crippen molar-refractivity contribution in [2.45, 2.75) is 13.5 Å². The highest BCUT2D eigenvalue weighted by Crippen LogP contribution is 2.22. The SMILES string of the molecule is Cc1ccc(C(=O)N2CCN(Cc3csc(-c4ccccn4)n3)CC2)cc1F. The molecule has 2 aromatic heterocycles. The predicted octanol–water partition coefficient (Wildman–Crippen LogP) is 3.61. The van der Waals surface area contributed by atoms with Crippen LogP contribution in [0.2, 0.25) is 0 Å². The number of halogens is 1. The quantitative estimate of drug-likeness (QED) is 0.676. The summed E-state index contributed by atoms with van der Waals surface area (Å²) in [5.74, 6) is -0.443. The van der Waals surface area contributed by atoms with Crippen molar-refractivity contribution in [2.75, 3.05) is 26.2 Å². The summed E-state index contributed by atoms with van der Waals surface area (Å²) in [5.41, 5.74) is 2.87. The molecule has 0 aliphatic carbocycles. The fraction of sp³-hybridized carbons (Fsp3) is 0.286. The Balaban J connectivity index is 1.34. The monoisotopic (exact) mass is 396 g/mol. The first-order chi connectivity index (χ1) is 13.6. The number of aryl methyl sites for hydroxylation is 1. The molecule has 0 unspecified atom stereocenters. The molecule has 0 atom stereocenters. The van der Waals surface area contributed by atoms with E-state index in [0.717, 1.165) is 36.0 Å². The first kappa shape index (κ1) is 18.7. The molecule has 5 nitrogen and oxygen atoms in total. The number of carbonyl (C=O) groups excluding carboxylic acids is 1. The van der Waals surface area contributed by atoms with E-state index in [-0.39, 0.29) is 11.7 Å². The van der Waals surface area contributed by atoms with Crippen LogP contribution in [0.4, 0.5) is 4.39 Å². The van der Waals surface area contributed by atoms with Crippen molar-refractivity contribution in [1.82, 2.24) is 19.8 Å². The molecule has 1 aliphatic rings. The number of rotatable bonds is 4. The van der Waals surface area contributed by atoms with Crippen LogP contribution >= 0.6 is 11.3 Å². The zero-order valence-electron chi connectivity index (χ0n) is 15.6. The van der Waals surface area contributed by atoms with Crippen LogP contribution in [0.25, 0.3) is 10.7 Å². The first-order valence-corrected chi connectivity index (χ1v) is 10.1. The van der Waals surface area contributed by atoms with Crippen LogP contribution in [0.5, 0.6) is 0 Å². The fourth-order valence-corrected chi connectivity index (χ4v) is 4.02. The van der Waals surface area contributed by atoms with Gasteiger partial charge in [0.25, 0.3) is 5.91 Å². The van der Waals surface area contributed by atoms with Crippen LogP contribution in [0.1, 0.15) is 21.6 Å². The van der Waals surface area contributed by atoms with Crippen molar-refractivity contribution in [3.8, 4) is 10.7 Å². The van der Waals surface area contributed by atoms with E-state index in [9.17, 15) is 9.18 Å². The van der Waals surface area contributed by atoms with Crippen LogP contribution in [-0.2, 0) is 6.54 Å². The number of piperazine rings is 1. The number of benzene rings is 1. The topological polar surface area (TPSA) is 49.3 Å². The summed E-state index contributed by atoms with van der Waals surface area (Å²) in [5, 5.41) is 2.99. The third-order valence-corrected chi connectivity index (χ3v) is 5.81. The van der Waals surface area contributed by atoms with Gasteiger partial charge in [-0.1, -0.05) is 12.1 Å². The third kappa shape index (κ3) is 4.10. The zero-order chi connectivity index (χ0) is 19.5. The predicted molar refractivity (Wildman–Crippen MR) is 108 cm³/mol. The number of aromatic nitrogens is 2. The van der Waals surface area contributed by atoms with E-state index in [2.05, 4.69) is 20.2 Å². The molecule has 7 heteroatoms. The Kier molecular flexibility index (Phi) is 5.45. The van der Waals surface area contributed by atoms with Crippen molar-refractivity contribution in [2.24, 2.45) is 0 Å². The van der Waals surface area contributed by atoms with E-state index in [1.807, 2.05) is 18.2 Å². The van der Waals surface area contributed by atoms with Crippen LogP contribution < -0.4 is 0 Å². The van der Waals surface area contributed by atoms with Gasteiger partial charge in [0.15, 0.2) is 0 Å². The molecule has 0 bridgehead atoms. The second kappa shape index (κ2) is 8.16. The number of hydrogen-bond acceptors (Lipinski definition) is 5. The van der Waals surface area contributed by atoms with Gasteiger partial charge in [-0.25, -0.2) is 9.37 Å². The van der Waals surface area contributed by atoms with E-state index < -0.39 is 0 Å². The molecule has 1 aromatic carbocycles. The van der Waals surface area contributed by atoms with Gasteiger partial charge >= 0.3 is 0 Å². The van der Waals surface area contributed by atoms with Crippen LogP contribution in [-0.4, -0.2) is 51.9 Å². The van der Waals surface area contributed by atoms with E-state index in [4.69, 9.17) is 0 Å². The van der Waals surface area contributed by atoms with Gasteiger partial charge in [0, 0.05) is 49.9 Å². The smallest absolute Gasteiger partial charge is 0.254 e. The molecule has 0 radical (unpaired) electrons. The molecule has 28 heavy (non-hydrogen) atoms. The Hall–Kier alpha value is -2.64. The highest BCUT2D eigenvalue weighted by atomic mass is 32.1. The number of amides is 1. The maximum absolute atomic E-state index is 13.7. The molecule has 144 valence electrons. The molecule has 1 saturated heterocycles. The standard InChI is InChI=1S/C21H21FN4OS/c1-15-5-6-16(12-18(15)22)21(27)26-10-8-25(9-11-26)13-17-14-28-20(24-17)19-4-2-3-7-23-19/h2-7,12,14H,8-11,13H2,1H3. The average Bonchev–Trinajstić information content (AvgIpc) is 3.19. The van der Waals surface area contributed by atoms with Crippen molar-refractivity contribution in [3.63, 3.8) is 0 Å². The molecule has 3 heterocycles. The lowest BCUT2D eigenvalue weighted by Gasteiger charge is -2.34. The van der Waals surface area contributed by atoms with Gasteiger partial charge in [-0.2, -0.15) is 0 Å². The molecular formula is C21H21FN4OS. The molecule has 4 rings (SSSR count). The molecular weight excluding hydrogens is 375 g/mol. The maximum atomic E-state index is 13.7. The Morgan fingerprint density at radius 3 is 2.71 bits per heavy atom. The van der Waals surface area contributed by atoms with Crippen LogP contribution in [0.3, 0.4) is 0 Å². The molecule has 0 saturated carbocycles. The molecule has 0 N–H and O–H groups in total. The van der Waals surface area contributed by atoms with Crippen molar-refractivity contribution in [3.05, 3.63) is 70.6 Å². The minimum atomic E-state index is -0.336. The van der Waals surface area contributed by atoms with E-state index >= 15 is 0 Å². The fourth-order valence-electron chi connectivity index (χ4n) is 3.23. The van der Waals surface area contributed by atoms with Gasteiger partial charge in [-0.3, -0.25) is 14.7 Å². The molecule has 1 amide bonds. The molecule has 0 spiro atoms. The van der Waals surface area contributed by atoms with Crippen LogP contribution in [0.15, 0.2) is 48.0 Å². The van der Waals surface area contributed by atoms with Gasteiger partial charge in [-0.15, -0.1) is 11.3 Å². The summed E-state index contributed by atoms with van der Waals surface area (Å²) < 4.78 is 13.7.